The van der Waals surface area contributed by atoms with Crippen LogP contribution in [0.3, 0.4) is 0 Å². The van der Waals surface area contributed by atoms with E-state index in [1.165, 1.54) is 6.07 Å². The van der Waals surface area contributed by atoms with E-state index in [2.05, 4.69) is 11.5 Å². The number of likely N-dealkylation sites (tertiary alicyclic amines) is 1. The number of phenolic OH excluding ortho intramolecular Hbond substituents is 2. The van der Waals surface area contributed by atoms with Crippen molar-refractivity contribution in [3.8, 4) is 11.5 Å². The number of hydrogen-bond donors (Lipinski definition) is 4. The lowest BCUT2D eigenvalue weighted by molar-refractivity contribution is -0.197. The van der Waals surface area contributed by atoms with E-state index in [-0.39, 0.29) is 36.2 Å². The van der Waals surface area contributed by atoms with Gasteiger partial charge in [-0.1, -0.05) is 12.1 Å². The maximum atomic E-state index is 12.3. The summed E-state index contributed by atoms with van der Waals surface area (Å²) in [5.41, 5.74) is -1.65. The Bertz CT molecular complexity index is 837. The third kappa shape index (κ3) is 1.36. The van der Waals surface area contributed by atoms with Crippen LogP contribution in [0.2, 0.25) is 0 Å². The number of carbonyl (C=O) groups excluding carboxylic acids is 1. The van der Waals surface area contributed by atoms with Crippen LogP contribution in [-0.4, -0.2) is 61.9 Å². The summed E-state index contributed by atoms with van der Waals surface area (Å²) in [6.07, 6.45) is 1.07. The van der Waals surface area contributed by atoms with Crippen molar-refractivity contribution in [3.05, 3.63) is 35.9 Å². The maximum absolute atomic E-state index is 12.3. The van der Waals surface area contributed by atoms with E-state index >= 15 is 0 Å². The number of carbonyl (C=O) groups is 1. The molecule has 2 bridgehead atoms. The number of aliphatic hydroxyl groups is 2. The molecule has 6 heteroatoms. The highest BCUT2D eigenvalue weighted by Crippen LogP contribution is 2.75. The highest BCUT2D eigenvalue weighted by molar-refractivity contribution is 5.85. The fourth-order valence-electron chi connectivity index (χ4n) is 6.58. The Kier molecular flexibility index (Phi) is 2.62. The molecule has 4 N–H and O–H groups in total. The molecular weight excluding hydrogens is 322 g/mol. The van der Waals surface area contributed by atoms with Gasteiger partial charge in [0.2, 0.25) is 0 Å². The minimum atomic E-state index is -1.53. The van der Waals surface area contributed by atoms with Crippen LogP contribution in [0.25, 0.3) is 0 Å². The summed E-state index contributed by atoms with van der Waals surface area (Å²) in [7, 11) is 0. The Morgan fingerprint density at radius 1 is 1.36 bits per heavy atom. The third-order valence-electron chi connectivity index (χ3n) is 7.14. The predicted octanol–water partition coefficient (Wildman–Crippen LogP) is 0.316. The van der Waals surface area contributed by atoms with E-state index in [0.29, 0.717) is 25.1 Å². The van der Waals surface area contributed by atoms with Gasteiger partial charge in [-0.05, 0) is 18.1 Å². The number of ketones is 1. The van der Waals surface area contributed by atoms with Crippen molar-refractivity contribution in [3.63, 3.8) is 0 Å². The highest BCUT2D eigenvalue weighted by Gasteiger charge is 2.83. The van der Waals surface area contributed by atoms with Gasteiger partial charge in [0.15, 0.2) is 11.5 Å². The Labute approximate surface area is 145 Å². The summed E-state index contributed by atoms with van der Waals surface area (Å²) in [6.45, 7) is 5.03. The first kappa shape index (κ1) is 15.4. The lowest BCUT2D eigenvalue weighted by Crippen LogP contribution is -2.78. The number of aromatic hydroxyl groups is 2. The van der Waals surface area contributed by atoms with Crippen LogP contribution in [0.4, 0.5) is 0 Å². The number of nitrogens with zero attached hydrogens (tertiary/aromatic N) is 1. The normalized spacial score (nSPS) is 44.0. The zero-order chi connectivity index (χ0) is 17.8. The van der Waals surface area contributed by atoms with E-state index in [9.17, 15) is 25.2 Å². The number of fused-ring (bicyclic) bond motifs is 2. The van der Waals surface area contributed by atoms with Crippen molar-refractivity contribution in [2.75, 3.05) is 13.1 Å². The summed E-state index contributed by atoms with van der Waals surface area (Å²) >= 11 is 0. The molecule has 1 aromatic carbocycles. The van der Waals surface area contributed by atoms with Gasteiger partial charge in [0.25, 0.3) is 0 Å². The lowest BCUT2D eigenvalue weighted by Gasteiger charge is -2.63. The molecule has 1 saturated heterocycles. The molecule has 1 heterocycles. The first-order valence-corrected chi connectivity index (χ1v) is 8.65. The van der Waals surface area contributed by atoms with Crippen LogP contribution in [0.5, 0.6) is 11.5 Å². The summed E-state index contributed by atoms with van der Waals surface area (Å²) in [5.74, 6) is -0.652. The molecule has 5 unspecified atom stereocenters. The second-order valence-electron chi connectivity index (χ2n) is 8.15. The van der Waals surface area contributed by atoms with Crippen LogP contribution < -0.4 is 0 Å². The molecule has 0 amide bonds. The zero-order valence-electron chi connectivity index (χ0n) is 13.8. The van der Waals surface area contributed by atoms with Gasteiger partial charge in [-0.3, -0.25) is 9.69 Å². The molecule has 1 aliphatic heterocycles. The highest BCUT2D eigenvalue weighted by atomic mass is 16.3. The molecule has 6 nitrogen and oxygen atoms in total. The van der Waals surface area contributed by atoms with Crippen molar-refractivity contribution in [1.82, 2.24) is 4.90 Å². The summed E-state index contributed by atoms with van der Waals surface area (Å²) in [5, 5.41) is 43.1. The van der Waals surface area contributed by atoms with Gasteiger partial charge < -0.3 is 20.4 Å². The fraction of sp³-hybridized carbons (Fsp3) is 0.526. The number of benzene rings is 1. The van der Waals surface area contributed by atoms with Gasteiger partial charge in [-0.15, -0.1) is 6.58 Å². The van der Waals surface area contributed by atoms with Gasteiger partial charge in [0, 0.05) is 42.3 Å². The minimum absolute atomic E-state index is 0.0742. The smallest absolute Gasteiger partial charge is 0.161 e. The minimum Gasteiger partial charge on any atom is -0.504 e. The van der Waals surface area contributed by atoms with Crippen molar-refractivity contribution in [2.24, 2.45) is 0 Å². The first-order chi connectivity index (χ1) is 11.8. The van der Waals surface area contributed by atoms with Gasteiger partial charge in [0.1, 0.15) is 11.4 Å². The average Bonchev–Trinajstić information content (AvgIpc) is 2.91. The van der Waals surface area contributed by atoms with Crippen LogP contribution in [0.15, 0.2) is 24.8 Å². The second-order valence-corrected chi connectivity index (χ2v) is 8.15. The number of rotatable bonds is 2. The Morgan fingerprint density at radius 2 is 2.12 bits per heavy atom. The second kappa shape index (κ2) is 4.26. The largest absolute Gasteiger partial charge is 0.504 e. The SMILES string of the molecule is C=CCN1CC23CC4(CC(=O)CC(O)C4(O)C12)c1c3ccc(O)c1O. The molecule has 0 aromatic heterocycles. The molecule has 4 aliphatic rings. The quantitative estimate of drug-likeness (QED) is 0.456. The van der Waals surface area contributed by atoms with Crippen LogP contribution in [0.1, 0.15) is 30.4 Å². The molecule has 132 valence electrons. The third-order valence-corrected chi connectivity index (χ3v) is 7.14. The van der Waals surface area contributed by atoms with Crippen molar-refractivity contribution >= 4 is 5.78 Å². The van der Waals surface area contributed by atoms with E-state index in [0.717, 1.165) is 5.56 Å². The lowest BCUT2D eigenvalue weighted by atomic mass is 9.54. The topological polar surface area (TPSA) is 101 Å². The Morgan fingerprint density at radius 3 is 2.84 bits per heavy atom. The number of aliphatic hydroxyl groups excluding tert-OH is 1. The predicted molar refractivity (Wildman–Crippen MR) is 88.5 cm³/mol. The van der Waals surface area contributed by atoms with E-state index in [1.54, 1.807) is 12.1 Å². The molecule has 1 aromatic rings. The fourth-order valence-corrected chi connectivity index (χ4v) is 6.58. The summed E-state index contributed by atoms with van der Waals surface area (Å²) in [4.78, 5) is 14.4. The van der Waals surface area contributed by atoms with Crippen molar-refractivity contribution in [1.29, 1.82) is 0 Å². The van der Waals surface area contributed by atoms with Crippen LogP contribution in [0, 0.1) is 0 Å². The van der Waals surface area contributed by atoms with E-state index in [4.69, 9.17) is 0 Å². The number of hydrogen-bond acceptors (Lipinski definition) is 6. The number of Topliss-reactive ketones (excluding diaryl/α,β-unsaturated/α-hetero) is 1. The summed E-state index contributed by atoms with van der Waals surface area (Å²) < 4.78 is 0. The van der Waals surface area contributed by atoms with Crippen LogP contribution in [-0.2, 0) is 15.6 Å². The van der Waals surface area contributed by atoms with Gasteiger partial charge >= 0.3 is 0 Å². The molecular formula is C19H21NO5. The molecule has 5 atom stereocenters. The van der Waals surface area contributed by atoms with E-state index < -0.39 is 22.5 Å². The Hall–Kier alpha value is -1.89. The standard InChI is InChI=1S/C19H21NO5/c1-2-5-20-9-17-8-18(14-11(17)3-4-12(22)15(14)24)7-10(21)6-13(23)19(18,25)16(17)20/h2-4,13,16,22-25H,1,5-9H2. The van der Waals surface area contributed by atoms with E-state index in [1.807, 2.05) is 0 Å². The van der Waals surface area contributed by atoms with Gasteiger partial charge in [-0.25, -0.2) is 0 Å². The monoisotopic (exact) mass is 343 g/mol. The number of phenols is 2. The first-order valence-electron chi connectivity index (χ1n) is 8.65. The Balaban J connectivity index is 1.81. The molecule has 25 heavy (non-hydrogen) atoms. The molecule has 2 saturated carbocycles. The average molecular weight is 343 g/mol. The molecule has 2 spiro atoms. The molecule has 0 radical (unpaired) electrons. The van der Waals surface area contributed by atoms with Gasteiger partial charge in [0.05, 0.1) is 12.1 Å². The molecule has 5 rings (SSSR count). The van der Waals surface area contributed by atoms with Crippen molar-refractivity contribution < 1.29 is 25.2 Å². The van der Waals surface area contributed by atoms with Gasteiger partial charge in [-0.2, -0.15) is 0 Å². The summed E-state index contributed by atoms with van der Waals surface area (Å²) in [6, 6.07) is 2.94. The van der Waals surface area contributed by atoms with Crippen molar-refractivity contribution in [2.45, 2.75) is 47.8 Å². The zero-order valence-corrected chi connectivity index (χ0v) is 13.8. The maximum Gasteiger partial charge on any atom is 0.161 e. The van der Waals surface area contributed by atoms with Crippen LogP contribution >= 0.6 is 0 Å². The molecule has 3 fully saturated rings. The molecule has 3 aliphatic carbocycles.